The molecule has 1 heterocycles. The number of nitrogens with zero attached hydrogens (tertiary/aromatic N) is 4. The molecule has 3 aromatic rings. The third kappa shape index (κ3) is 3.55. The zero-order chi connectivity index (χ0) is 17.8. The molecule has 0 saturated heterocycles. The van der Waals surface area contributed by atoms with Crippen molar-refractivity contribution in [2.24, 2.45) is 5.10 Å². The number of hydrazone groups is 1. The van der Waals surface area contributed by atoms with Gasteiger partial charge in [-0.15, -0.1) is 0 Å². The molecule has 0 aliphatic carbocycles. The van der Waals surface area contributed by atoms with Gasteiger partial charge in [0.15, 0.2) is 0 Å². The molecule has 0 fully saturated rings. The van der Waals surface area contributed by atoms with Crippen molar-refractivity contribution < 1.29 is 4.92 Å². The third-order valence-electron chi connectivity index (χ3n) is 3.79. The van der Waals surface area contributed by atoms with Crippen molar-refractivity contribution in [2.45, 2.75) is 13.8 Å². The standard InChI is InChI=1S/C18H17N5O2/c1-13-18(12-19-20-15-7-4-3-5-8-15)14(2)22(21-13)16-9-6-10-17(11-16)23(24)25/h3-12,20H,1-2H3/b19-12+. The Morgan fingerprint density at radius 3 is 2.64 bits per heavy atom. The Morgan fingerprint density at radius 1 is 1.16 bits per heavy atom. The van der Waals surface area contributed by atoms with Crippen molar-refractivity contribution in [1.82, 2.24) is 9.78 Å². The Labute approximate surface area is 144 Å². The van der Waals surface area contributed by atoms with Crippen LogP contribution >= 0.6 is 0 Å². The van der Waals surface area contributed by atoms with Crippen LogP contribution in [0.2, 0.25) is 0 Å². The van der Waals surface area contributed by atoms with Crippen LogP contribution in [0.25, 0.3) is 5.69 Å². The first-order valence-corrected chi connectivity index (χ1v) is 7.71. The van der Waals surface area contributed by atoms with Crippen LogP contribution in [0.5, 0.6) is 0 Å². The highest BCUT2D eigenvalue weighted by molar-refractivity contribution is 5.83. The molecule has 0 spiro atoms. The fourth-order valence-electron chi connectivity index (χ4n) is 2.52. The number of anilines is 1. The van der Waals surface area contributed by atoms with Crippen LogP contribution < -0.4 is 5.43 Å². The number of rotatable bonds is 5. The minimum atomic E-state index is -0.415. The maximum absolute atomic E-state index is 11.0. The number of aryl methyl sites for hydroxylation is 1. The number of benzene rings is 2. The number of para-hydroxylation sites is 1. The lowest BCUT2D eigenvalue weighted by Gasteiger charge is -2.04. The summed E-state index contributed by atoms with van der Waals surface area (Å²) in [6.45, 7) is 3.79. The number of hydrogen-bond donors (Lipinski definition) is 1. The van der Waals surface area contributed by atoms with Crippen molar-refractivity contribution in [2.75, 3.05) is 5.43 Å². The van der Waals surface area contributed by atoms with E-state index in [1.54, 1.807) is 23.0 Å². The Bertz CT molecular complexity index is 932. The first kappa shape index (κ1) is 16.4. The Balaban J connectivity index is 1.88. The lowest BCUT2D eigenvalue weighted by molar-refractivity contribution is -0.384. The van der Waals surface area contributed by atoms with Crippen molar-refractivity contribution in [3.05, 3.63) is 81.7 Å². The summed E-state index contributed by atoms with van der Waals surface area (Å²) in [5.74, 6) is 0. The van der Waals surface area contributed by atoms with Gasteiger partial charge in [-0.2, -0.15) is 10.2 Å². The van der Waals surface area contributed by atoms with E-state index in [1.807, 2.05) is 44.2 Å². The predicted molar refractivity (Wildman–Crippen MR) is 97.4 cm³/mol. The molecule has 126 valence electrons. The van der Waals surface area contributed by atoms with Crippen molar-refractivity contribution in [1.29, 1.82) is 0 Å². The van der Waals surface area contributed by atoms with Gasteiger partial charge in [0.2, 0.25) is 0 Å². The molecule has 1 N–H and O–H groups in total. The third-order valence-corrected chi connectivity index (χ3v) is 3.79. The second kappa shape index (κ2) is 6.96. The Hall–Kier alpha value is -3.48. The molecule has 25 heavy (non-hydrogen) atoms. The fourth-order valence-corrected chi connectivity index (χ4v) is 2.52. The lowest BCUT2D eigenvalue weighted by Crippen LogP contribution is -2.00. The van der Waals surface area contributed by atoms with Gasteiger partial charge >= 0.3 is 0 Å². The molecule has 2 aromatic carbocycles. The van der Waals surface area contributed by atoms with Gasteiger partial charge in [0.05, 0.1) is 33.9 Å². The van der Waals surface area contributed by atoms with E-state index >= 15 is 0 Å². The summed E-state index contributed by atoms with van der Waals surface area (Å²) in [7, 11) is 0. The number of hydrogen-bond acceptors (Lipinski definition) is 5. The topological polar surface area (TPSA) is 85.3 Å². The maximum atomic E-state index is 11.0. The summed E-state index contributed by atoms with van der Waals surface area (Å²) in [6, 6.07) is 16.0. The van der Waals surface area contributed by atoms with Gasteiger partial charge in [0.1, 0.15) is 0 Å². The summed E-state index contributed by atoms with van der Waals surface area (Å²) in [4.78, 5) is 10.5. The SMILES string of the molecule is Cc1nn(-c2cccc([N+](=O)[O-])c2)c(C)c1/C=N/Nc1ccccc1. The molecule has 0 radical (unpaired) electrons. The maximum Gasteiger partial charge on any atom is 0.271 e. The van der Waals surface area contributed by atoms with Gasteiger partial charge in [-0.05, 0) is 32.0 Å². The molecule has 7 heteroatoms. The molecule has 0 aliphatic heterocycles. The summed E-state index contributed by atoms with van der Waals surface area (Å²) in [5.41, 5.74) is 7.05. The van der Waals surface area contributed by atoms with Gasteiger partial charge in [0.25, 0.3) is 5.69 Å². The molecule has 0 saturated carbocycles. The summed E-state index contributed by atoms with van der Waals surface area (Å²) in [5, 5.41) is 19.7. The first-order chi connectivity index (χ1) is 12.1. The van der Waals surface area contributed by atoms with Gasteiger partial charge in [-0.25, -0.2) is 4.68 Å². The second-order valence-electron chi connectivity index (χ2n) is 5.51. The van der Waals surface area contributed by atoms with Crippen LogP contribution in [-0.2, 0) is 0 Å². The van der Waals surface area contributed by atoms with E-state index in [0.717, 1.165) is 22.6 Å². The van der Waals surface area contributed by atoms with Crippen molar-refractivity contribution in [3.8, 4) is 5.69 Å². The van der Waals surface area contributed by atoms with Crippen LogP contribution in [0.3, 0.4) is 0 Å². The Kier molecular flexibility index (Phi) is 4.56. The van der Waals surface area contributed by atoms with E-state index in [2.05, 4.69) is 15.6 Å². The average Bonchev–Trinajstić information content (AvgIpc) is 2.91. The molecular formula is C18H17N5O2. The molecule has 0 atom stereocenters. The van der Waals surface area contributed by atoms with Crippen LogP contribution in [0.1, 0.15) is 17.0 Å². The minimum Gasteiger partial charge on any atom is -0.279 e. The molecule has 0 unspecified atom stereocenters. The van der Waals surface area contributed by atoms with Gasteiger partial charge in [-0.1, -0.05) is 24.3 Å². The zero-order valence-corrected chi connectivity index (χ0v) is 13.9. The van der Waals surface area contributed by atoms with E-state index in [1.165, 1.54) is 12.1 Å². The van der Waals surface area contributed by atoms with Gasteiger partial charge in [-0.3, -0.25) is 15.5 Å². The minimum absolute atomic E-state index is 0.0333. The van der Waals surface area contributed by atoms with E-state index < -0.39 is 4.92 Å². The lowest BCUT2D eigenvalue weighted by atomic mass is 10.2. The monoisotopic (exact) mass is 335 g/mol. The highest BCUT2D eigenvalue weighted by atomic mass is 16.6. The van der Waals surface area contributed by atoms with E-state index in [0.29, 0.717) is 5.69 Å². The average molecular weight is 335 g/mol. The van der Waals surface area contributed by atoms with E-state index in [-0.39, 0.29) is 5.69 Å². The van der Waals surface area contributed by atoms with Crippen molar-refractivity contribution >= 4 is 17.6 Å². The largest absolute Gasteiger partial charge is 0.279 e. The number of non-ortho nitro benzene ring substituents is 1. The Morgan fingerprint density at radius 2 is 1.92 bits per heavy atom. The fraction of sp³-hybridized carbons (Fsp3) is 0.111. The quantitative estimate of drug-likeness (QED) is 0.436. The first-order valence-electron chi connectivity index (χ1n) is 7.71. The molecule has 0 amide bonds. The summed E-state index contributed by atoms with van der Waals surface area (Å²) >= 11 is 0. The van der Waals surface area contributed by atoms with Crippen LogP contribution in [0, 0.1) is 24.0 Å². The summed E-state index contributed by atoms with van der Waals surface area (Å²) in [6.07, 6.45) is 1.71. The van der Waals surface area contributed by atoms with Crippen LogP contribution in [0.4, 0.5) is 11.4 Å². The number of nitro benzene ring substituents is 1. The molecule has 1 aromatic heterocycles. The molecule has 0 aliphatic rings. The normalized spacial score (nSPS) is 11.0. The predicted octanol–water partition coefficient (Wildman–Crippen LogP) is 3.84. The highest BCUT2D eigenvalue weighted by Crippen LogP contribution is 2.20. The van der Waals surface area contributed by atoms with Crippen molar-refractivity contribution in [3.63, 3.8) is 0 Å². The molecule has 3 rings (SSSR count). The molecular weight excluding hydrogens is 318 g/mol. The van der Waals surface area contributed by atoms with Crippen LogP contribution in [-0.4, -0.2) is 20.9 Å². The van der Waals surface area contributed by atoms with Crippen LogP contribution in [0.15, 0.2) is 59.7 Å². The molecule has 0 bridgehead atoms. The smallest absolute Gasteiger partial charge is 0.271 e. The van der Waals surface area contributed by atoms with Gasteiger partial charge in [0, 0.05) is 17.7 Å². The van der Waals surface area contributed by atoms with E-state index in [9.17, 15) is 10.1 Å². The van der Waals surface area contributed by atoms with Gasteiger partial charge < -0.3 is 0 Å². The number of nitrogens with one attached hydrogen (secondary N) is 1. The second-order valence-corrected chi connectivity index (χ2v) is 5.51. The summed E-state index contributed by atoms with van der Waals surface area (Å²) < 4.78 is 1.69. The highest BCUT2D eigenvalue weighted by Gasteiger charge is 2.13. The molecule has 7 nitrogen and oxygen atoms in total. The van der Waals surface area contributed by atoms with E-state index in [4.69, 9.17) is 0 Å². The zero-order valence-electron chi connectivity index (χ0n) is 13.9. The number of nitro groups is 1. The number of aromatic nitrogens is 2.